The Balaban J connectivity index is 1.64. The van der Waals surface area contributed by atoms with Gasteiger partial charge < -0.3 is 13.9 Å². The second-order valence-electron chi connectivity index (χ2n) is 7.16. The molecule has 4 aromatic rings. The van der Waals surface area contributed by atoms with Crippen LogP contribution in [0.15, 0.2) is 69.9 Å². The zero-order chi connectivity index (χ0) is 18.0. The molecule has 2 aliphatic rings. The van der Waals surface area contributed by atoms with Crippen LogP contribution in [0.1, 0.15) is 23.0 Å². The van der Waals surface area contributed by atoms with Crippen LogP contribution in [0.25, 0.3) is 21.7 Å². The van der Waals surface area contributed by atoms with Crippen LogP contribution in [0.2, 0.25) is 0 Å². The van der Waals surface area contributed by atoms with Crippen LogP contribution in [0.5, 0.6) is 11.5 Å². The molecule has 0 amide bonds. The van der Waals surface area contributed by atoms with Gasteiger partial charge in [-0.05, 0) is 22.9 Å². The van der Waals surface area contributed by atoms with Gasteiger partial charge in [-0.25, -0.2) is 4.79 Å². The monoisotopic (exact) mass is 356 g/mol. The van der Waals surface area contributed by atoms with E-state index in [2.05, 4.69) is 18.2 Å². The Labute approximate surface area is 154 Å². The van der Waals surface area contributed by atoms with E-state index in [1.165, 1.54) is 16.3 Å². The predicted molar refractivity (Wildman–Crippen MR) is 103 cm³/mol. The van der Waals surface area contributed by atoms with Gasteiger partial charge in [-0.15, -0.1) is 0 Å². The maximum atomic E-state index is 12.5. The molecule has 4 nitrogen and oxygen atoms in total. The normalized spacial score (nSPS) is 20.3. The molecule has 2 aliphatic heterocycles. The lowest BCUT2D eigenvalue weighted by Crippen LogP contribution is -2.34. The number of hydrogen-bond acceptors (Lipinski definition) is 4. The molecule has 0 bridgehead atoms. The summed E-state index contributed by atoms with van der Waals surface area (Å²) in [6.45, 7) is 0.977. The van der Waals surface area contributed by atoms with Crippen molar-refractivity contribution in [3.63, 3.8) is 0 Å². The number of para-hydroxylation sites is 1. The third-order valence-corrected chi connectivity index (χ3v) is 5.79. The van der Waals surface area contributed by atoms with E-state index in [9.17, 15) is 4.79 Å². The molecule has 0 radical (unpaired) electrons. The zero-order valence-electron chi connectivity index (χ0n) is 14.5. The summed E-state index contributed by atoms with van der Waals surface area (Å²) < 4.78 is 17.6. The predicted octanol–water partition coefficient (Wildman–Crippen LogP) is 4.60. The summed E-state index contributed by atoms with van der Waals surface area (Å²) in [6.07, 6.45) is 0. The molecule has 1 aromatic heterocycles. The third-order valence-electron chi connectivity index (χ3n) is 5.79. The number of hydrogen-bond donors (Lipinski definition) is 0. The van der Waals surface area contributed by atoms with Crippen molar-refractivity contribution in [1.82, 2.24) is 0 Å². The molecule has 0 unspecified atom stereocenters. The molecular formula is C23H16O4. The molecule has 0 aliphatic carbocycles. The van der Waals surface area contributed by atoms with Gasteiger partial charge >= 0.3 is 5.63 Å². The molecule has 4 heteroatoms. The molecule has 27 heavy (non-hydrogen) atoms. The van der Waals surface area contributed by atoms with Crippen molar-refractivity contribution in [2.24, 2.45) is 0 Å². The summed E-state index contributed by atoms with van der Waals surface area (Å²) in [4.78, 5) is 12.5. The van der Waals surface area contributed by atoms with Crippen LogP contribution in [-0.2, 0) is 0 Å². The first-order valence-corrected chi connectivity index (χ1v) is 9.14. The largest absolute Gasteiger partial charge is 0.493 e. The van der Waals surface area contributed by atoms with E-state index in [0.717, 1.165) is 16.7 Å². The van der Waals surface area contributed by atoms with Crippen LogP contribution in [0.3, 0.4) is 0 Å². The highest BCUT2D eigenvalue weighted by Crippen LogP contribution is 2.50. The molecule has 2 atom stereocenters. The lowest BCUT2D eigenvalue weighted by Gasteiger charge is -2.38. The minimum absolute atomic E-state index is 0.0565. The summed E-state index contributed by atoms with van der Waals surface area (Å²) >= 11 is 0. The van der Waals surface area contributed by atoms with Gasteiger partial charge in [0.2, 0.25) is 5.75 Å². The van der Waals surface area contributed by atoms with Crippen molar-refractivity contribution in [2.45, 2.75) is 11.8 Å². The van der Waals surface area contributed by atoms with Crippen molar-refractivity contribution in [3.8, 4) is 11.5 Å². The van der Waals surface area contributed by atoms with E-state index in [0.29, 0.717) is 24.5 Å². The maximum Gasteiger partial charge on any atom is 0.379 e. The molecule has 0 N–H and O–H groups in total. The van der Waals surface area contributed by atoms with Gasteiger partial charge in [0, 0.05) is 28.3 Å². The topological polar surface area (TPSA) is 48.7 Å². The average Bonchev–Trinajstić information content (AvgIpc) is 2.72. The van der Waals surface area contributed by atoms with E-state index in [4.69, 9.17) is 13.9 Å². The Morgan fingerprint density at radius 3 is 2.41 bits per heavy atom. The van der Waals surface area contributed by atoms with Crippen LogP contribution in [0.4, 0.5) is 0 Å². The van der Waals surface area contributed by atoms with E-state index in [-0.39, 0.29) is 11.8 Å². The Hall–Kier alpha value is -3.27. The first-order chi connectivity index (χ1) is 13.3. The summed E-state index contributed by atoms with van der Waals surface area (Å²) in [5.74, 6) is 1.44. The third kappa shape index (κ3) is 2.01. The van der Waals surface area contributed by atoms with Crippen LogP contribution in [-0.4, -0.2) is 13.2 Å². The van der Waals surface area contributed by atoms with Gasteiger partial charge in [-0.2, -0.15) is 0 Å². The molecule has 0 saturated carbocycles. The number of ether oxygens (including phenoxy) is 2. The Kier molecular flexibility index (Phi) is 2.95. The van der Waals surface area contributed by atoms with Gasteiger partial charge in [0.05, 0.1) is 13.2 Å². The Morgan fingerprint density at radius 1 is 0.741 bits per heavy atom. The Bertz CT molecular complexity index is 1270. The highest BCUT2D eigenvalue weighted by atomic mass is 16.5. The minimum atomic E-state index is -0.411. The van der Waals surface area contributed by atoms with Gasteiger partial charge in [-0.3, -0.25) is 0 Å². The molecular weight excluding hydrogens is 340 g/mol. The lowest BCUT2D eigenvalue weighted by atomic mass is 9.76. The van der Waals surface area contributed by atoms with Gasteiger partial charge in [0.25, 0.3) is 0 Å². The fourth-order valence-electron chi connectivity index (χ4n) is 4.60. The van der Waals surface area contributed by atoms with Crippen molar-refractivity contribution >= 4 is 21.7 Å². The van der Waals surface area contributed by atoms with E-state index in [1.54, 1.807) is 0 Å². The molecule has 6 rings (SSSR count). The van der Waals surface area contributed by atoms with Gasteiger partial charge in [-0.1, -0.05) is 48.5 Å². The summed E-state index contributed by atoms with van der Waals surface area (Å²) in [5, 5.41) is 3.29. The SMILES string of the molecule is O=c1oc2ccccc2c2c1OC[C@H]1c3c(ccc4ccccc34)OC[C@@H]21. The van der Waals surface area contributed by atoms with E-state index < -0.39 is 5.63 Å². The number of rotatable bonds is 0. The zero-order valence-corrected chi connectivity index (χ0v) is 14.5. The standard InChI is InChI=1S/C23H16O4/c24-23-22-21(15-7-3-4-8-18(15)27-23)17-11-25-19-10-9-13-5-1-2-6-14(13)20(19)16(17)12-26-22/h1-10,16-17H,11-12H2/t16-,17-/m1/s1. The molecule has 3 aromatic carbocycles. The molecule has 132 valence electrons. The van der Waals surface area contributed by atoms with E-state index >= 15 is 0 Å². The fourth-order valence-corrected chi connectivity index (χ4v) is 4.60. The van der Waals surface area contributed by atoms with E-state index in [1.807, 2.05) is 42.5 Å². The maximum absolute atomic E-state index is 12.5. The van der Waals surface area contributed by atoms with Crippen LogP contribution in [0, 0.1) is 0 Å². The lowest BCUT2D eigenvalue weighted by molar-refractivity contribution is 0.166. The second kappa shape index (κ2) is 5.36. The van der Waals surface area contributed by atoms with Crippen molar-refractivity contribution in [1.29, 1.82) is 0 Å². The van der Waals surface area contributed by atoms with Gasteiger partial charge in [0.1, 0.15) is 11.3 Å². The van der Waals surface area contributed by atoms with Crippen molar-refractivity contribution < 1.29 is 13.9 Å². The molecule has 0 spiro atoms. The first kappa shape index (κ1) is 14.9. The first-order valence-electron chi connectivity index (χ1n) is 9.14. The van der Waals surface area contributed by atoms with Gasteiger partial charge in [0.15, 0.2) is 0 Å². The highest BCUT2D eigenvalue weighted by Gasteiger charge is 2.41. The summed E-state index contributed by atoms with van der Waals surface area (Å²) in [6, 6.07) is 20.1. The van der Waals surface area contributed by atoms with Crippen LogP contribution >= 0.6 is 0 Å². The minimum Gasteiger partial charge on any atom is -0.493 e. The molecule has 0 saturated heterocycles. The highest BCUT2D eigenvalue weighted by molar-refractivity contribution is 5.89. The number of fused-ring (bicyclic) bond motifs is 9. The Morgan fingerprint density at radius 2 is 1.48 bits per heavy atom. The second-order valence-corrected chi connectivity index (χ2v) is 7.16. The molecule has 0 fully saturated rings. The fraction of sp³-hybridized carbons (Fsp3) is 0.174. The number of benzene rings is 3. The van der Waals surface area contributed by atoms with Crippen molar-refractivity contribution in [3.05, 3.63) is 82.2 Å². The van der Waals surface area contributed by atoms with Crippen molar-refractivity contribution in [2.75, 3.05) is 13.2 Å². The summed E-state index contributed by atoms with van der Waals surface area (Å²) in [5.41, 5.74) is 2.27. The molecule has 3 heterocycles. The quantitative estimate of drug-likeness (QED) is 0.432. The summed E-state index contributed by atoms with van der Waals surface area (Å²) in [7, 11) is 0. The smallest absolute Gasteiger partial charge is 0.379 e. The van der Waals surface area contributed by atoms with Crippen LogP contribution < -0.4 is 15.1 Å². The average molecular weight is 356 g/mol.